The molecule has 0 aliphatic heterocycles. The van der Waals surface area contributed by atoms with E-state index in [4.69, 9.17) is 0 Å². The summed E-state index contributed by atoms with van der Waals surface area (Å²) in [5.41, 5.74) is 0. The van der Waals surface area contributed by atoms with Gasteiger partial charge >= 0.3 is 0 Å². The highest BCUT2D eigenvalue weighted by Gasteiger charge is 1.96. The predicted molar refractivity (Wildman–Crippen MR) is 36.8 cm³/mol. The van der Waals surface area contributed by atoms with Gasteiger partial charge in [0.2, 0.25) is 0 Å². The van der Waals surface area contributed by atoms with E-state index in [1.54, 1.807) is 12.2 Å². The van der Waals surface area contributed by atoms with Crippen molar-refractivity contribution >= 4 is 10.7 Å². The van der Waals surface area contributed by atoms with Crippen LogP contribution in [0.5, 0.6) is 0 Å². The second kappa shape index (κ2) is 2.82. The first-order valence-electron chi connectivity index (χ1n) is 2.82. The van der Waals surface area contributed by atoms with E-state index < -0.39 is 10.7 Å². The second-order valence-corrected chi connectivity index (χ2v) is 2.90. The van der Waals surface area contributed by atoms with Gasteiger partial charge in [0.05, 0.1) is 4.91 Å². The minimum absolute atomic E-state index is 0.455. The number of hydrogen-bond acceptors (Lipinski definition) is 2. The molecular weight excluding hydrogens is 136 g/mol. The number of allylic oxidation sites excluding steroid dienone is 3. The number of hydrogen-bond donors (Lipinski definition) is 1. The summed E-state index contributed by atoms with van der Waals surface area (Å²) in [6.07, 6.45) is 7.09. The van der Waals surface area contributed by atoms with E-state index in [9.17, 15) is 8.42 Å². The van der Waals surface area contributed by atoms with Crippen molar-refractivity contribution in [3.05, 3.63) is 23.1 Å². The van der Waals surface area contributed by atoms with E-state index in [-0.39, 0.29) is 0 Å². The zero-order valence-electron chi connectivity index (χ0n) is 4.91. The van der Waals surface area contributed by atoms with Crippen LogP contribution >= 0.6 is 0 Å². The molecule has 0 spiro atoms. The Morgan fingerprint density at radius 1 is 1.33 bits per heavy atom. The Balaban J connectivity index is 2.81. The third-order valence-corrected chi connectivity index (χ3v) is 1.94. The van der Waals surface area contributed by atoms with Crippen LogP contribution in [-0.2, 0) is 10.7 Å². The quantitative estimate of drug-likeness (QED) is 0.553. The van der Waals surface area contributed by atoms with E-state index in [0.717, 1.165) is 12.8 Å². The van der Waals surface area contributed by atoms with Gasteiger partial charge < -0.3 is 0 Å². The van der Waals surface area contributed by atoms with Gasteiger partial charge in [-0.2, -0.15) is 0 Å². The van der Waals surface area contributed by atoms with E-state index >= 15 is 0 Å². The normalized spacial score (nSPS) is 18.1. The summed E-state index contributed by atoms with van der Waals surface area (Å²) in [6.45, 7) is 0. The summed E-state index contributed by atoms with van der Waals surface area (Å²) in [4.78, 5) is 0.455. The third-order valence-electron chi connectivity index (χ3n) is 1.19. The lowest BCUT2D eigenvalue weighted by molar-refractivity contribution is 0.620. The largest absolute Gasteiger partial charge is 0.227 e. The van der Waals surface area contributed by atoms with Gasteiger partial charge in [0, 0.05) is 0 Å². The molecule has 2 nitrogen and oxygen atoms in total. The average Bonchev–Trinajstić information content (AvgIpc) is 1.90. The molecule has 0 fully saturated rings. The minimum atomic E-state index is -2.34. The molecule has 0 heterocycles. The Kier molecular flexibility index (Phi) is 2.05. The zero-order valence-corrected chi connectivity index (χ0v) is 5.80. The fraction of sp³-hybridized carbons (Fsp3) is 0.333. The van der Waals surface area contributed by atoms with Crippen LogP contribution in [0.15, 0.2) is 23.1 Å². The monoisotopic (exact) mass is 144 g/mol. The van der Waals surface area contributed by atoms with Crippen molar-refractivity contribution in [3.8, 4) is 0 Å². The van der Waals surface area contributed by atoms with Gasteiger partial charge in [-0.25, -0.2) is 8.42 Å². The molecule has 0 bridgehead atoms. The summed E-state index contributed by atoms with van der Waals surface area (Å²) < 4.78 is 20.5. The standard InChI is InChI=1S/C6H8O2S/c7-9(8)6-4-2-1-3-5-6/h2,4-5,9H,1,3H2. The van der Waals surface area contributed by atoms with Gasteiger partial charge in [-0.05, 0) is 18.9 Å². The molecule has 0 aromatic carbocycles. The Morgan fingerprint density at radius 3 is 2.44 bits per heavy atom. The van der Waals surface area contributed by atoms with Gasteiger partial charge in [-0.15, -0.1) is 0 Å². The SMILES string of the molecule is O=[SH](=O)C1=CCCC=C1. The first kappa shape index (κ1) is 6.55. The topological polar surface area (TPSA) is 34.1 Å². The third kappa shape index (κ3) is 1.68. The van der Waals surface area contributed by atoms with Gasteiger partial charge in [0.1, 0.15) is 0 Å². The lowest BCUT2D eigenvalue weighted by Crippen LogP contribution is -1.85. The molecule has 9 heavy (non-hydrogen) atoms. The summed E-state index contributed by atoms with van der Waals surface area (Å²) in [6, 6.07) is 0. The molecule has 0 saturated carbocycles. The predicted octanol–water partition coefficient (Wildman–Crippen LogP) is 0.832. The fourth-order valence-electron chi connectivity index (χ4n) is 0.735. The molecular formula is C6H8O2S. The Morgan fingerprint density at radius 2 is 2.11 bits per heavy atom. The molecule has 0 amide bonds. The van der Waals surface area contributed by atoms with Crippen molar-refractivity contribution in [1.82, 2.24) is 0 Å². The van der Waals surface area contributed by atoms with Crippen LogP contribution in [0.4, 0.5) is 0 Å². The van der Waals surface area contributed by atoms with E-state index in [0.29, 0.717) is 4.91 Å². The highest BCUT2D eigenvalue weighted by atomic mass is 32.2. The highest BCUT2D eigenvalue weighted by Crippen LogP contribution is 2.08. The first-order chi connectivity index (χ1) is 4.30. The van der Waals surface area contributed by atoms with Crippen LogP contribution in [0.25, 0.3) is 0 Å². The fourth-order valence-corrected chi connectivity index (χ4v) is 1.24. The number of rotatable bonds is 1. The van der Waals surface area contributed by atoms with Crippen LogP contribution in [0, 0.1) is 0 Å². The Labute approximate surface area is 55.8 Å². The van der Waals surface area contributed by atoms with Crippen molar-refractivity contribution in [1.29, 1.82) is 0 Å². The van der Waals surface area contributed by atoms with Crippen LogP contribution in [0.3, 0.4) is 0 Å². The van der Waals surface area contributed by atoms with Gasteiger partial charge in [-0.3, -0.25) is 0 Å². The average molecular weight is 144 g/mol. The van der Waals surface area contributed by atoms with Crippen molar-refractivity contribution in [3.63, 3.8) is 0 Å². The molecule has 0 aromatic rings. The molecule has 3 heteroatoms. The lowest BCUT2D eigenvalue weighted by Gasteiger charge is -1.96. The first-order valence-corrected chi connectivity index (χ1v) is 3.99. The zero-order chi connectivity index (χ0) is 6.69. The van der Waals surface area contributed by atoms with Crippen LogP contribution < -0.4 is 0 Å². The molecule has 0 unspecified atom stereocenters. The van der Waals surface area contributed by atoms with Gasteiger partial charge in [0.25, 0.3) is 0 Å². The molecule has 1 aliphatic carbocycles. The molecule has 50 valence electrons. The minimum Gasteiger partial charge on any atom is -0.227 e. The van der Waals surface area contributed by atoms with Crippen LogP contribution in [-0.4, -0.2) is 8.42 Å². The molecule has 1 aliphatic rings. The number of thiol groups is 1. The van der Waals surface area contributed by atoms with E-state index in [2.05, 4.69) is 0 Å². The van der Waals surface area contributed by atoms with Crippen molar-refractivity contribution in [2.45, 2.75) is 12.8 Å². The van der Waals surface area contributed by atoms with Crippen molar-refractivity contribution < 1.29 is 8.42 Å². The van der Waals surface area contributed by atoms with Crippen LogP contribution in [0.2, 0.25) is 0 Å². The summed E-state index contributed by atoms with van der Waals surface area (Å²) in [5.74, 6) is 0. The highest BCUT2D eigenvalue weighted by molar-refractivity contribution is 7.77. The van der Waals surface area contributed by atoms with E-state index in [1.807, 2.05) is 6.08 Å². The maximum Gasteiger partial charge on any atom is 0.167 e. The Bertz CT molecular complexity index is 215. The maximum atomic E-state index is 10.3. The lowest BCUT2D eigenvalue weighted by atomic mass is 10.2. The summed E-state index contributed by atoms with van der Waals surface area (Å²) >= 11 is 0. The van der Waals surface area contributed by atoms with Crippen molar-refractivity contribution in [2.75, 3.05) is 0 Å². The smallest absolute Gasteiger partial charge is 0.167 e. The molecule has 0 N–H and O–H groups in total. The van der Waals surface area contributed by atoms with Crippen LogP contribution in [0.1, 0.15) is 12.8 Å². The molecule has 0 atom stereocenters. The molecule has 0 aromatic heterocycles. The molecule has 0 radical (unpaired) electrons. The summed E-state index contributed by atoms with van der Waals surface area (Å²) in [5, 5.41) is 0. The van der Waals surface area contributed by atoms with Crippen molar-refractivity contribution in [2.24, 2.45) is 0 Å². The van der Waals surface area contributed by atoms with E-state index in [1.165, 1.54) is 0 Å². The second-order valence-electron chi connectivity index (χ2n) is 1.87. The maximum absolute atomic E-state index is 10.3. The van der Waals surface area contributed by atoms with Gasteiger partial charge in [0.15, 0.2) is 10.7 Å². The summed E-state index contributed by atoms with van der Waals surface area (Å²) in [7, 11) is -2.34. The Hall–Kier alpha value is -0.570. The molecule has 0 saturated heterocycles. The van der Waals surface area contributed by atoms with Gasteiger partial charge in [-0.1, -0.05) is 12.2 Å². The molecule has 1 rings (SSSR count).